The molecule has 0 aliphatic carbocycles. The van der Waals surface area contributed by atoms with Crippen molar-refractivity contribution in [3.63, 3.8) is 0 Å². The van der Waals surface area contributed by atoms with Gasteiger partial charge in [-0.3, -0.25) is 0 Å². The lowest BCUT2D eigenvalue weighted by atomic mass is 9.86. The van der Waals surface area contributed by atoms with Gasteiger partial charge in [-0.05, 0) is 6.07 Å². The number of hydrogen-bond acceptors (Lipinski definition) is 6. The maximum atomic E-state index is 12.1. The Labute approximate surface area is 130 Å². The van der Waals surface area contributed by atoms with Crippen LogP contribution in [0.5, 0.6) is 6.01 Å². The first kappa shape index (κ1) is 15.6. The maximum Gasteiger partial charge on any atom is 0.316 e. The molecule has 0 bridgehead atoms. The molecule has 22 heavy (non-hydrogen) atoms. The summed E-state index contributed by atoms with van der Waals surface area (Å²) in [6.07, 6.45) is 4.60. The van der Waals surface area contributed by atoms with Gasteiger partial charge in [0.2, 0.25) is 0 Å². The van der Waals surface area contributed by atoms with Crippen molar-refractivity contribution in [1.29, 1.82) is 0 Å². The van der Waals surface area contributed by atoms with Crippen LogP contribution in [0.15, 0.2) is 18.5 Å². The topological polar surface area (TPSA) is 84.9 Å². The van der Waals surface area contributed by atoms with Crippen molar-refractivity contribution in [1.82, 2.24) is 18.6 Å². The Bertz CT molecular complexity index is 616. The minimum Gasteiger partial charge on any atom is -0.460 e. The monoisotopic (exact) mass is 328 g/mol. The van der Waals surface area contributed by atoms with E-state index in [2.05, 4.69) is 9.97 Å². The molecule has 1 unspecified atom stereocenters. The summed E-state index contributed by atoms with van der Waals surface area (Å²) in [6.45, 7) is 1.28. The first-order valence-corrected chi connectivity index (χ1v) is 8.56. The quantitative estimate of drug-likeness (QED) is 0.767. The van der Waals surface area contributed by atoms with Crippen molar-refractivity contribution in [3.05, 3.63) is 18.5 Å². The van der Waals surface area contributed by atoms with Crippen LogP contribution < -0.4 is 4.74 Å². The van der Waals surface area contributed by atoms with Gasteiger partial charge >= 0.3 is 6.01 Å². The van der Waals surface area contributed by atoms with Crippen molar-refractivity contribution in [3.8, 4) is 6.01 Å². The Hall–Kier alpha value is -1.29. The summed E-state index contributed by atoms with van der Waals surface area (Å²) >= 11 is 0. The Balaban J connectivity index is 1.61. The Kier molecular flexibility index (Phi) is 4.06. The lowest BCUT2D eigenvalue weighted by molar-refractivity contribution is -0.166. The molecular formula is C13H20N4O4S. The van der Waals surface area contributed by atoms with Crippen molar-refractivity contribution >= 4 is 10.2 Å². The SMILES string of the molecule is CN(C)S(=O)(=O)N1CC2(CC(Oc3ncccn3)CCO2)C1. The van der Waals surface area contributed by atoms with Crippen LogP contribution in [0.4, 0.5) is 0 Å². The summed E-state index contributed by atoms with van der Waals surface area (Å²) < 4.78 is 38.4. The first-order valence-electron chi connectivity index (χ1n) is 7.17. The van der Waals surface area contributed by atoms with Crippen molar-refractivity contribution in [2.75, 3.05) is 33.8 Å². The van der Waals surface area contributed by atoms with Crippen molar-refractivity contribution < 1.29 is 17.9 Å². The van der Waals surface area contributed by atoms with Gasteiger partial charge in [0.1, 0.15) is 6.10 Å². The van der Waals surface area contributed by atoms with Crippen molar-refractivity contribution in [2.45, 2.75) is 24.5 Å². The molecule has 2 aliphatic rings. The molecule has 0 saturated carbocycles. The zero-order valence-corrected chi connectivity index (χ0v) is 13.5. The largest absolute Gasteiger partial charge is 0.460 e. The summed E-state index contributed by atoms with van der Waals surface area (Å²) in [4.78, 5) is 8.11. The van der Waals surface area contributed by atoms with Crippen LogP contribution in [0.25, 0.3) is 0 Å². The second-order valence-corrected chi connectivity index (χ2v) is 8.00. The molecule has 9 heteroatoms. The molecule has 8 nitrogen and oxygen atoms in total. The minimum atomic E-state index is -3.37. The van der Waals surface area contributed by atoms with Gasteiger partial charge in [0, 0.05) is 52.4 Å². The predicted molar refractivity (Wildman–Crippen MR) is 78.5 cm³/mol. The Morgan fingerprint density at radius 1 is 1.36 bits per heavy atom. The van der Waals surface area contributed by atoms with E-state index in [1.165, 1.54) is 22.7 Å². The lowest BCUT2D eigenvalue weighted by Gasteiger charge is -2.52. The second-order valence-electron chi connectivity index (χ2n) is 5.85. The van der Waals surface area contributed by atoms with E-state index in [0.29, 0.717) is 32.1 Å². The highest BCUT2D eigenvalue weighted by Crippen LogP contribution is 2.37. The van der Waals surface area contributed by atoms with Crippen LogP contribution >= 0.6 is 0 Å². The van der Waals surface area contributed by atoms with Gasteiger partial charge in [0.15, 0.2) is 0 Å². The van der Waals surface area contributed by atoms with E-state index in [1.54, 1.807) is 18.5 Å². The zero-order valence-electron chi connectivity index (χ0n) is 12.7. The van der Waals surface area contributed by atoms with E-state index >= 15 is 0 Å². The van der Waals surface area contributed by atoms with Crippen LogP contribution in [-0.2, 0) is 14.9 Å². The fourth-order valence-electron chi connectivity index (χ4n) is 2.79. The number of aromatic nitrogens is 2. The molecule has 2 fully saturated rings. The molecule has 1 spiro atoms. The molecular weight excluding hydrogens is 308 g/mol. The van der Waals surface area contributed by atoms with Crippen LogP contribution in [0.2, 0.25) is 0 Å². The van der Waals surface area contributed by atoms with E-state index in [-0.39, 0.29) is 6.10 Å². The highest BCUT2D eigenvalue weighted by atomic mass is 32.2. The van der Waals surface area contributed by atoms with Gasteiger partial charge in [-0.15, -0.1) is 0 Å². The van der Waals surface area contributed by atoms with Gasteiger partial charge in [-0.2, -0.15) is 17.0 Å². The molecule has 1 aromatic rings. The van der Waals surface area contributed by atoms with Crippen molar-refractivity contribution in [2.24, 2.45) is 0 Å². The number of ether oxygens (including phenoxy) is 2. The number of nitrogens with zero attached hydrogens (tertiary/aromatic N) is 4. The van der Waals surface area contributed by atoms with Crippen LogP contribution in [0, 0.1) is 0 Å². The average Bonchev–Trinajstić information content (AvgIpc) is 2.46. The van der Waals surface area contributed by atoms with Crippen LogP contribution in [0.3, 0.4) is 0 Å². The van der Waals surface area contributed by atoms with E-state index in [0.717, 1.165) is 6.42 Å². The molecule has 1 aromatic heterocycles. The zero-order chi connectivity index (χ0) is 15.8. The highest BCUT2D eigenvalue weighted by molar-refractivity contribution is 7.86. The molecule has 2 saturated heterocycles. The number of hydrogen-bond donors (Lipinski definition) is 0. The van der Waals surface area contributed by atoms with Gasteiger partial charge in [-0.25, -0.2) is 9.97 Å². The molecule has 0 N–H and O–H groups in total. The summed E-state index contributed by atoms with van der Waals surface area (Å²) in [7, 11) is -0.314. The molecule has 0 amide bonds. The third-order valence-corrected chi connectivity index (χ3v) is 5.81. The van der Waals surface area contributed by atoms with Gasteiger partial charge < -0.3 is 9.47 Å². The standard InChI is InChI=1S/C13H20N4O4S/c1-16(2)22(18,19)17-9-13(10-17)8-11(4-7-20-13)21-12-14-5-3-6-15-12/h3,5-6,11H,4,7-10H2,1-2H3. The Morgan fingerprint density at radius 3 is 2.68 bits per heavy atom. The smallest absolute Gasteiger partial charge is 0.316 e. The summed E-state index contributed by atoms with van der Waals surface area (Å²) in [5.41, 5.74) is -0.444. The van der Waals surface area contributed by atoms with Crippen LogP contribution in [0.1, 0.15) is 12.8 Å². The first-order chi connectivity index (χ1) is 10.4. The molecule has 122 valence electrons. The average molecular weight is 328 g/mol. The highest BCUT2D eigenvalue weighted by Gasteiger charge is 2.52. The molecule has 0 aromatic carbocycles. The van der Waals surface area contributed by atoms with Gasteiger partial charge in [0.25, 0.3) is 10.2 Å². The van der Waals surface area contributed by atoms with E-state index in [9.17, 15) is 8.42 Å². The Morgan fingerprint density at radius 2 is 2.05 bits per heavy atom. The minimum absolute atomic E-state index is 0.0552. The number of rotatable bonds is 4. The lowest BCUT2D eigenvalue weighted by Crippen LogP contribution is -2.68. The molecule has 1 atom stereocenters. The van der Waals surface area contributed by atoms with Gasteiger partial charge in [-0.1, -0.05) is 0 Å². The second kappa shape index (κ2) is 5.73. The van der Waals surface area contributed by atoms with Gasteiger partial charge in [0.05, 0.1) is 12.2 Å². The molecule has 2 aliphatic heterocycles. The predicted octanol–water partition coefficient (Wildman–Crippen LogP) is -0.105. The summed E-state index contributed by atoms with van der Waals surface area (Å²) in [5, 5.41) is 0. The van der Waals surface area contributed by atoms with E-state index < -0.39 is 15.8 Å². The third kappa shape index (κ3) is 2.94. The summed E-state index contributed by atoms with van der Waals surface area (Å²) in [5.74, 6) is 0. The molecule has 3 rings (SSSR count). The molecule has 3 heterocycles. The fourth-order valence-corrected chi connectivity index (χ4v) is 4.05. The van der Waals surface area contributed by atoms with E-state index in [4.69, 9.17) is 9.47 Å². The molecule has 0 radical (unpaired) electrons. The normalized spacial score (nSPS) is 25.1. The third-order valence-electron chi connectivity index (χ3n) is 3.98. The summed E-state index contributed by atoms with van der Waals surface area (Å²) in [6, 6.07) is 2.08. The van der Waals surface area contributed by atoms with Crippen LogP contribution in [-0.4, -0.2) is 72.5 Å². The van der Waals surface area contributed by atoms with E-state index in [1.807, 2.05) is 0 Å². The fraction of sp³-hybridized carbons (Fsp3) is 0.692. The maximum absolute atomic E-state index is 12.1.